The number of halogens is 1. The van der Waals surface area contributed by atoms with Crippen LogP contribution in [0.2, 0.25) is 5.02 Å². The molecule has 0 amide bonds. The van der Waals surface area contributed by atoms with E-state index in [1.807, 2.05) is 73.8 Å². The number of benzene rings is 2. The van der Waals surface area contributed by atoms with Gasteiger partial charge in [-0.15, -0.1) is 11.3 Å². The molecule has 4 rings (SSSR count). The van der Waals surface area contributed by atoms with Crippen LogP contribution in [-0.4, -0.2) is 9.55 Å². The molecule has 3 nitrogen and oxygen atoms in total. The Balaban J connectivity index is 1.75. The summed E-state index contributed by atoms with van der Waals surface area (Å²) in [5, 5.41) is 11.1. The van der Waals surface area contributed by atoms with Gasteiger partial charge in [-0.2, -0.15) is 5.26 Å². The number of rotatable bonds is 3. The Bertz CT molecular complexity index is 1130. The molecule has 0 fully saturated rings. The molecule has 2 heterocycles. The molecule has 0 atom stereocenters. The Hall–Kier alpha value is -2.87. The van der Waals surface area contributed by atoms with Gasteiger partial charge in [-0.05, 0) is 48.0 Å². The standard InChI is InChI=1S/C21H14ClN3S/c1-25-17(10-11-19(25)14-6-8-16(22)9-7-14)12-15(13-23)21-24-18-4-2-3-5-20(18)26-21/h2-12H,1H3. The fraction of sp³-hybridized carbons (Fsp3) is 0.0476. The van der Waals surface area contributed by atoms with Crippen LogP contribution in [0, 0.1) is 11.3 Å². The Morgan fingerprint density at radius 3 is 2.62 bits per heavy atom. The maximum absolute atomic E-state index is 9.64. The quantitative estimate of drug-likeness (QED) is 0.411. The van der Waals surface area contributed by atoms with E-state index in [2.05, 4.69) is 15.6 Å². The highest BCUT2D eigenvalue weighted by Gasteiger charge is 2.11. The summed E-state index contributed by atoms with van der Waals surface area (Å²) in [5.74, 6) is 0. The number of hydrogen-bond donors (Lipinski definition) is 0. The van der Waals surface area contributed by atoms with Gasteiger partial charge in [-0.1, -0.05) is 35.9 Å². The molecule has 0 radical (unpaired) electrons. The first-order valence-electron chi connectivity index (χ1n) is 8.05. The van der Waals surface area contributed by atoms with Gasteiger partial charge in [-0.3, -0.25) is 0 Å². The summed E-state index contributed by atoms with van der Waals surface area (Å²) in [7, 11) is 1.99. The van der Waals surface area contributed by atoms with Crippen molar-refractivity contribution in [3.8, 4) is 17.3 Å². The van der Waals surface area contributed by atoms with Crippen molar-refractivity contribution in [2.45, 2.75) is 0 Å². The van der Waals surface area contributed by atoms with Gasteiger partial charge in [0, 0.05) is 23.5 Å². The van der Waals surface area contributed by atoms with Gasteiger partial charge in [0.05, 0.1) is 15.8 Å². The van der Waals surface area contributed by atoms with E-state index < -0.39 is 0 Å². The van der Waals surface area contributed by atoms with Crippen molar-refractivity contribution in [2.24, 2.45) is 7.05 Å². The van der Waals surface area contributed by atoms with Gasteiger partial charge in [0.15, 0.2) is 0 Å². The van der Waals surface area contributed by atoms with Gasteiger partial charge in [0.1, 0.15) is 11.1 Å². The average molecular weight is 376 g/mol. The third kappa shape index (κ3) is 3.03. The molecule has 0 unspecified atom stereocenters. The first-order valence-corrected chi connectivity index (χ1v) is 9.24. The summed E-state index contributed by atoms with van der Waals surface area (Å²) in [6, 6.07) is 22.0. The lowest BCUT2D eigenvalue weighted by atomic mass is 10.1. The van der Waals surface area contributed by atoms with Crippen LogP contribution in [0.4, 0.5) is 0 Å². The van der Waals surface area contributed by atoms with Gasteiger partial charge in [-0.25, -0.2) is 4.98 Å². The highest BCUT2D eigenvalue weighted by atomic mass is 35.5. The van der Waals surface area contributed by atoms with Crippen molar-refractivity contribution in [3.63, 3.8) is 0 Å². The fourth-order valence-corrected chi connectivity index (χ4v) is 3.92. The van der Waals surface area contributed by atoms with Crippen molar-refractivity contribution in [1.82, 2.24) is 9.55 Å². The van der Waals surface area contributed by atoms with Crippen LogP contribution < -0.4 is 0 Å². The summed E-state index contributed by atoms with van der Waals surface area (Å²) in [4.78, 5) is 4.59. The van der Waals surface area contributed by atoms with Crippen LogP contribution in [0.3, 0.4) is 0 Å². The van der Waals surface area contributed by atoms with Crippen molar-refractivity contribution in [2.75, 3.05) is 0 Å². The molecule has 0 aliphatic heterocycles. The number of nitriles is 1. The Morgan fingerprint density at radius 2 is 1.88 bits per heavy atom. The summed E-state index contributed by atoms with van der Waals surface area (Å²) in [6.07, 6.45) is 1.89. The number of thiazole rings is 1. The molecule has 5 heteroatoms. The minimum Gasteiger partial charge on any atom is -0.344 e. The molecule has 0 N–H and O–H groups in total. The lowest BCUT2D eigenvalue weighted by molar-refractivity contribution is 0.924. The van der Waals surface area contributed by atoms with Crippen LogP contribution >= 0.6 is 22.9 Å². The Kier molecular flexibility index (Phi) is 4.34. The van der Waals surface area contributed by atoms with Gasteiger partial charge in [0.2, 0.25) is 0 Å². The molecule has 2 aromatic heterocycles. The molecule has 0 saturated heterocycles. The summed E-state index contributed by atoms with van der Waals surface area (Å²) in [5.41, 5.74) is 4.58. The topological polar surface area (TPSA) is 41.6 Å². The minimum absolute atomic E-state index is 0.565. The lowest BCUT2D eigenvalue weighted by Crippen LogP contribution is -1.94. The number of hydrogen-bond acceptors (Lipinski definition) is 3. The van der Waals surface area contributed by atoms with Crippen molar-refractivity contribution in [3.05, 3.63) is 76.4 Å². The maximum Gasteiger partial charge on any atom is 0.135 e. The highest BCUT2D eigenvalue weighted by molar-refractivity contribution is 7.19. The third-order valence-electron chi connectivity index (χ3n) is 4.24. The first kappa shape index (κ1) is 16.6. The number of allylic oxidation sites excluding steroid dienone is 1. The molecule has 4 aromatic rings. The molecule has 126 valence electrons. The number of fused-ring (bicyclic) bond motifs is 1. The van der Waals surface area contributed by atoms with Crippen LogP contribution in [-0.2, 0) is 7.05 Å². The van der Waals surface area contributed by atoms with Crippen LogP contribution in [0.1, 0.15) is 10.7 Å². The van der Waals surface area contributed by atoms with E-state index in [0.717, 1.165) is 32.2 Å². The second-order valence-corrected chi connectivity index (χ2v) is 7.33. The summed E-state index contributed by atoms with van der Waals surface area (Å²) >= 11 is 7.51. The van der Waals surface area contributed by atoms with E-state index in [1.54, 1.807) is 0 Å². The summed E-state index contributed by atoms with van der Waals surface area (Å²) < 4.78 is 3.14. The number of para-hydroxylation sites is 1. The Morgan fingerprint density at radius 1 is 1.12 bits per heavy atom. The van der Waals surface area contributed by atoms with Crippen LogP contribution in [0.15, 0.2) is 60.7 Å². The van der Waals surface area contributed by atoms with Gasteiger partial charge >= 0.3 is 0 Å². The number of nitrogens with zero attached hydrogens (tertiary/aromatic N) is 3. The predicted octanol–water partition coefficient (Wildman–Crippen LogP) is 6.02. The minimum atomic E-state index is 0.565. The van der Waals surface area contributed by atoms with E-state index in [9.17, 15) is 5.26 Å². The average Bonchev–Trinajstić information content (AvgIpc) is 3.24. The maximum atomic E-state index is 9.64. The third-order valence-corrected chi connectivity index (χ3v) is 5.56. The van der Waals surface area contributed by atoms with E-state index in [1.165, 1.54) is 11.3 Å². The second-order valence-electron chi connectivity index (χ2n) is 5.87. The highest BCUT2D eigenvalue weighted by Crippen LogP contribution is 2.29. The lowest BCUT2D eigenvalue weighted by Gasteiger charge is -2.06. The van der Waals surface area contributed by atoms with Gasteiger partial charge < -0.3 is 4.57 Å². The molecular weight excluding hydrogens is 362 g/mol. The van der Waals surface area contributed by atoms with E-state index in [-0.39, 0.29) is 0 Å². The zero-order valence-electron chi connectivity index (χ0n) is 14.0. The second kappa shape index (κ2) is 6.80. The van der Waals surface area contributed by atoms with Crippen molar-refractivity contribution >= 4 is 44.8 Å². The zero-order valence-corrected chi connectivity index (χ0v) is 15.6. The molecule has 0 aliphatic rings. The van der Waals surface area contributed by atoms with Crippen molar-refractivity contribution < 1.29 is 0 Å². The number of aromatic nitrogens is 2. The zero-order chi connectivity index (χ0) is 18.1. The smallest absolute Gasteiger partial charge is 0.135 e. The predicted molar refractivity (Wildman–Crippen MR) is 109 cm³/mol. The van der Waals surface area contributed by atoms with E-state index in [0.29, 0.717) is 10.6 Å². The largest absolute Gasteiger partial charge is 0.344 e. The first-order chi connectivity index (χ1) is 12.7. The van der Waals surface area contributed by atoms with Crippen molar-refractivity contribution in [1.29, 1.82) is 5.26 Å². The van der Waals surface area contributed by atoms with Gasteiger partial charge in [0.25, 0.3) is 0 Å². The molecule has 2 aromatic carbocycles. The fourth-order valence-electron chi connectivity index (χ4n) is 2.86. The Labute approximate surface area is 160 Å². The molecule has 0 spiro atoms. The molecule has 0 aliphatic carbocycles. The summed E-state index contributed by atoms with van der Waals surface area (Å²) in [6.45, 7) is 0. The molecule has 0 bridgehead atoms. The van der Waals surface area contributed by atoms with E-state index >= 15 is 0 Å². The molecule has 0 saturated carbocycles. The monoisotopic (exact) mass is 375 g/mol. The van der Waals surface area contributed by atoms with Crippen LogP contribution in [0.25, 0.3) is 33.1 Å². The molecule has 26 heavy (non-hydrogen) atoms. The van der Waals surface area contributed by atoms with E-state index in [4.69, 9.17) is 11.6 Å². The van der Waals surface area contributed by atoms with Crippen LogP contribution in [0.5, 0.6) is 0 Å². The normalized spacial score (nSPS) is 11.7. The molecular formula is C21H14ClN3S. The SMILES string of the molecule is Cn1c(C=C(C#N)c2nc3ccccc3s2)ccc1-c1ccc(Cl)cc1.